The predicted molar refractivity (Wildman–Crippen MR) is 127 cm³/mol. The molecule has 0 bridgehead atoms. The summed E-state index contributed by atoms with van der Waals surface area (Å²) in [5, 5.41) is 44.6. The van der Waals surface area contributed by atoms with Gasteiger partial charge < -0.3 is 36.0 Å². The molecule has 0 spiro atoms. The molecule has 0 heterocycles. The molecule has 11 nitrogen and oxygen atoms in total. The lowest BCUT2D eigenvalue weighted by atomic mass is 9.56. The fourth-order valence-electron chi connectivity index (χ4n) is 6.11. The zero-order valence-corrected chi connectivity index (χ0v) is 20.5. The summed E-state index contributed by atoms with van der Waals surface area (Å²) in [6, 6.07) is 0.648. The number of primary amides is 1. The van der Waals surface area contributed by atoms with Crippen LogP contribution in [0.15, 0.2) is 21.8 Å². The van der Waals surface area contributed by atoms with Gasteiger partial charge in [0.1, 0.15) is 17.4 Å². The summed E-state index contributed by atoms with van der Waals surface area (Å²) in [5.41, 5.74) is 3.56. The van der Waals surface area contributed by atoms with Gasteiger partial charge in [-0.25, -0.2) is 0 Å². The van der Waals surface area contributed by atoms with E-state index >= 15 is 0 Å². The van der Waals surface area contributed by atoms with E-state index < -0.39 is 64.5 Å². The summed E-state index contributed by atoms with van der Waals surface area (Å²) < 4.78 is 3.62. The van der Waals surface area contributed by atoms with Crippen molar-refractivity contribution >= 4 is 41.3 Å². The maximum absolute atomic E-state index is 13.7. The van der Waals surface area contributed by atoms with Crippen LogP contribution in [-0.2, 0) is 28.4 Å². The standard InChI is InChI=1S/C23H28N4O7S/c1-26(2)12-7-11(25-35)17(28)14-9(12)5-8-6-10-16(27(3)4)19(30)15(22(24)33)21(32)23(10,34)20(31)13(8)18(14)29/h7-8,10,15-16,19,28,30-31,34H,5-6H2,1-4H3,(H2,24,33)/t8-,10-,15?,16-,19?,23-/m0/s1. The normalized spacial score (nSPS) is 32.1. The first-order valence-corrected chi connectivity index (χ1v) is 11.4. The predicted octanol–water partition coefficient (Wildman–Crippen LogP) is -0.286. The maximum atomic E-state index is 13.7. The van der Waals surface area contributed by atoms with Crippen molar-refractivity contribution in [3.63, 3.8) is 0 Å². The molecular formula is C23H28N4O7S. The number of rotatable bonds is 4. The Morgan fingerprint density at radius 1 is 1.23 bits per heavy atom. The van der Waals surface area contributed by atoms with Crippen molar-refractivity contribution in [2.75, 3.05) is 33.1 Å². The number of nitrogens with zero attached hydrogens (tertiary/aromatic N) is 3. The first kappa shape index (κ1) is 25.2. The summed E-state index contributed by atoms with van der Waals surface area (Å²) in [5.74, 6) is -7.84. The zero-order valence-electron chi connectivity index (χ0n) is 19.7. The second kappa shape index (κ2) is 8.33. The van der Waals surface area contributed by atoms with Gasteiger partial charge in [0.05, 0.1) is 11.7 Å². The van der Waals surface area contributed by atoms with E-state index in [1.165, 1.54) is 0 Å². The van der Waals surface area contributed by atoms with Gasteiger partial charge >= 0.3 is 0 Å². The molecule has 0 saturated heterocycles. The van der Waals surface area contributed by atoms with Crippen LogP contribution in [0.25, 0.3) is 0 Å². The number of aromatic hydroxyl groups is 1. The van der Waals surface area contributed by atoms with E-state index in [4.69, 9.17) is 18.2 Å². The lowest BCUT2D eigenvalue weighted by molar-refractivity contribution is -0.178. The van der Waals surface area contributed by atoms with E-state index in [-0.39, 0.29) is 29.7 Å². The molecule has 1 aromatic rings. The molecule has 3 aliphatic rings. The monoisotopic (exact) mass is 504 g/mol. The second-order valence-electron chi connectivity index (χ2n) is 9.89. The Kier molecular flexibility index (Phi) is 5.99. The van der Waals surface area contributed by atoms with Crippen LogP contribution in [0.3, 0.4) is 0 Å². The van der Waals surface area contributed by atoms with E-state index in [2.05, 4.69) is 4.36 Å². The maximum Gasteiger partial charge on any atom is 0.230 e. The number of likely N-dealkylation sites (N-methyl/N-ethyl adjacent to an activating group) is 1. The highest BCUT2D eigenvalue weighted by molar-refractivity contribution is 7.47. The Hall–Kier alpha value is -2.93. The molecule has 6 N–H and O–H groups in total. The molecule has 1 amide bonds. The fraction of sp³-hybridized carbons (Fsp3) is 0.522. The number of aliphatic hydroxyl groups is 3. The average Bonchev–Trinajstić information content (AvgIpc) is 2.75. The zero-order chi connectivity index (χ0) is 26.1. The van der Waals surface area contributed by atoms with Crippen LogP contribution in [0, 0.1) is 17.8 Å². The summed E-state index contributed by atoms with van der Waals surface area (Å²) in [6.07, 6.45) is -1.26. The lowest BCUT2D eigenvalue weighted by Gasteiger charge is -2.53. The minimum Gasteiger partial charge on any atom is -0.508 e. The number of hydrogen-bond acceptors (Lipinski definition) is 11. The van der Waals surface area contributed by atoms with Crippen LogP contribution in [0.1, 0.15) is 22.3 Å². The third kappa shape index (κ3) is 3.31. The molecule has 1 aromatic carbocycles. The van der Waals surface area contributed by atoms with Gasteiger partial charge in [0, 0.05) is 49.7 Å². The van der Waals surface area contributed by atoms with E-state index in [0.29, 0.717) is 11.3 Å². The number of nitrogens with two attached hydrogens (primary N) is 1. The van der Waals surface area contributed by atoms with Crippen LogP contribution in [-0.4, -0.2) is 88.7 Å². The molecule has 6 atom stereocenters. The number of phenols is 1. The fourth-order valence-corrected chi connectivity index (χ4v) is 6.25. The highest BCUT2D eigenvalue weighted by Crippen LogP contribution is 2.54. The SMILES string of the molecule is CN(C)c1cc(N=S)c(O)c2c1C[C@H]1C[C@H]3[C@H](N(C)C)C(O)C(C(N)=O)C(=O)[C@@]3(O)C(O)=C1C2=O. The van der Waals surface area contributed by atoms with Crippen LogP contribution in [0.4, 0.5) is 11.4 Å². The third-order valence-corrected chi connectivity index (χ3v) is 7.83. The Balaban J connectivity index is 1.98. The number of fused-ring (bicyclic) bond motifs is 3. The molecule has 188 valence electrons. The minimum atomic E-state index is -2.62. The molecule has 4 rings (SSSR count). The first-order chi connectivity index (χ1) is 16.3. The number of aliphatic hydroxyl groups excluding tert-OH is 2. The van der Waals surface area contributed by atoms with Crippen molar-refractivity contribution in [3.05, 3.63) is 28.5 Å². The van der Waals surface area contributed by atoms with Crippen molar-refractivity contribution in [2.24, 2.45) is 27.9 Å². The summed E-state index contributed by atoms with van der Waals surface area (Å²) in [4.78, 5) is 42.4. The van der Waals surface area contributed by atoms with E-state index in [1.54, 1.807) is 44.1 Å². The Morgan fingerprint density at radius 3 is 2.37 bits per heavy atom. The van der Waals surface area contributed by atoms with Crippen molar-refractivity contribution in [2.45, 2.75) is 30.6 Å². The molecule has 0 radical (unpaired) electrons. The number of carbonyl (C=O) groups excluding carboxylic acids is 3. The number of ketones is 2. The van der Waals surface area contributed by atoms with Gasteiger partial charge in [-0.1, -0.05) is 0 Å². The van der Waals surface area contributed by atoms with E-state index in [0.717, 1.165) is 0 Å². The number of phenolic OH excluding ortho intramolecular Hbond substituents is 1. The van der Waals surface area contributed by atoms with Gasteiger partial charge in [0.25, 0.3) is 0 Å². The Morgan fingerprint density at radius 2 is 1.86 bits per heavy atom. The summed E-state index contributed by atoms with van der Waals surface area (Å²) >= 11 is 4.75. The summed E-state index contributed by atoms with van der Waals surface area (Å²) in [7, 11) is 6.74. The number of carbonyl (C=O) groups is 3. The molecule has 12 heteroatoms. The molecule has 3 aliphatic carbocycles. The molecule has 2 unspecified atom stereocenters. The van der Waals surface area contributed by atoms with Gasteiger partial charge in [0.15, 0.2) is 22.9 Å². The lowest BCUT2D eigenvalue weighted by Crippen LogP contribution is -2.71. The largest absolute Gasteiger partial charge is 0.508 e. The Bertz CT molecular complexity index is 1200. The van der Waals surface area contributed by atoms with Gasteiger partial charge in [-0.2, -0.15) is 4.36 Å². The van der Waals surface area contributed by atoms with E-state index in [1.807, 2.05) is 0 Å². The second-order valence-corrected chi connectivity index (χ2v) is 10.1. The van der Waals surface area contributed by atoms with Crippen molar-refractivity contribution < 1.29 is 34.8 Å². The first-order valence-electron chi connectivity index (χ1n) is 11.1. The number of allylic oxidation sites excluding steroid dienone is 1. The number of hydrogen-bond donors (Lipinski definition) is 5. The quantitative estimate of drug-likeness (QED) is 0.343. The number of Topliss-reactive ketones (excluding diaryl/α,β-unsaturated/α-hetero) is 2. The number of anilines is 1. The average molecular weight is 505 g/mol. The highest BCUT2D eigenvalue weighted by Gasteiger charge is 2.66. The number of amides is 1. The number of benzene rings is 1. The third-order valence-electron chi connectivity index (χ3n) is 7.63. The van der Waals surface area contributed by atoms with Gasteiger partial charge in [-0.15, -0.1) is 0 Å². The highest BCUT2D eigenvalue weighted by atomic mass is 32.1. The van der Waals surface area contributed by atoms with E-state index in [9.17, 15) is 34.8 Å². The molecule has 1 fully saturated rings. The van der Waals surface area contributed by atoms with Crippen molar-refractivity contribution in [1.82, 2.24) is 4.90 Å². The topological polar surface area (TPSA) is 177 Å². The van der Waals surface area contributed by atoms with Crippen LogP contribution in [0.2, 0.25) is 0 Å². The van der Waals surface area contributed by atoms with Crippen LogP contribution >= 0.6 is 0 Å². The van der Waals surface area contributed by atoms with Gasteiger partial charge in [0.2, 0.25) is 5.91 Å². The van der Waals surface area contributed by atoms with Crippen LogP contribution in [0.5, 0.6) is 5.75 Å². The van der Waals surface area contributed by atoms with Gasteiger partial charge in [-0.3, -0.25) is 14.4 Å². The molecule has 35 heavy (non-hydrogen) atoms. The van der Waals surface area contributed by atoms with Crippen molar-refractivity contribution in [1.29, 1.82) is 0 Å². The molecular weight excluding hydrogens is 476 g/mol. The minimum absolute atomic E-state index is 0.0000619. The Labute approximate surface area is 207 Å². The summed E-state index contributed by atoms with van der Waals surface area (Å²) in [6.45, 7) is 0. The molecule has 0 aromatic heterocycles. The molecule has 1 saturated carbocycles. The van der Waals surface area contributed by atoms with Crippen LogP contribution < -0.4 is 10.6 Å². The smallest absolute Gasteiger partial charge is 0.230 e. The molecule has 0 aliphatic heterocycles. The van der Waals surface area contributed by atoms with Gasteiger partial charge in [-0.05, 0) is 44.5 Å². The van der Waals surface area contributed by atoms with Crippen molar-refractivity contribution in [3.8, 4) is 5.75 Å².